The Morgan fingerprint density at radius 3 is 2.88 bits per heavy atom. The third-order valence-electron chi connectivity index (χ3n) is 4.38. The molecule has 0 bridgehead atoms. The highest BCUT2D eigenvalue weighted by Gasteiger charge is 2.34. The van der Waals surface area contributed by atoms with Gasteiger partial charge in [-0.3, -0.25) is 4.90 Å². The van der Waals surface area contributed by atoms with Gasteiger partial charge in [0, 0.05) is 18.0 Å². The van der Waals surface area contributed by atoms with E-state index in [1.54, 1.807) is 0 Å². The Kier molecular flexibility index (Phi) is 2.97. The Hall–Kier alpha value is -0.800. The van der Waals surface area contributed by atoms with Crippen LogP contribution in [0.2, 0.25) is 0 Å². The van der Waals surface area contributed by atoms with E-state index in [1.807, 2.05) is 6.26 Å². The molecule has 1 aliphatic carbocycles. The molecule has 3 rings (SSSR count). The molecule has 3 heteroatoms. The molecule has 0 spiro atoms. The van der Waals surface area contributed by atoms with Crippen LogP contribution in [0.15, 0.2) is 10.7 Å². The van der Waals surface area contributed by atoms with Crippen LogP contribution in [-0.2, 0) is 6.42 Å². The summed E-state index contributed by atoms with van der Waals surface area (Å²) in [6.07, 6.45) is 6.85. The van der Waals surface area contributed by atoms with E-state index in [0.29, 0.717) is 12.0 Å². The van der Waals surface area contributed by atoms with E-state index in [4.69, 9.17) is 10.2 Å². The van der Waals surface area contributed by atoms with Crippen molar-refractivity contribution in [3.05, 3.63) is 23.2 Å². The van der Waals surface area contributed by atoms with E-state index in [0.717, 1.165) is 13.0 Å². The lowest BCUT2D eigenvalue weighted by molar-refractivity contribution is 0.187. The summed E-state index contributed by atoms with van der Waals surface area (Å²) in [7, 11) is 0. The normalized spacial score (nSPS) is 29.5. The van der Waals surface area contributed by atoms with Crippen LogP contribution >= 0.6 is 0 Å². The molecule has 1 aromatic rings. The predicted octanol–water partition coefficient (Wildman–Crippen LogP) is 2.25. The first-order chi connectivity index (χ1) is 8.29. The molecule has 2 unspecified atom stereocenters. The van der Waals surface area contributed by atoms with Crippen LogP contribution in [0.25, 0.3) is 0 Å². The summed E-state index contributed by atoms with van der Waals surface area (Å²) in [5.41, 5.74) is 8.66. The number of aryl methyl sites for hydroxylation is 1. The predicted molar refractivity (Wildman–Crippen MR) is 67.9 cm³/mol. The summed E-state index contributed by atoms with van der Waals surface area (Å²) < 4.78 is 5.73. The molecule has 0 aromatic carbocycles. The van der Waals surface area contributed by atoms with E-state index in [9.17, 15) is 0 Å². The minimum absolute atomic E-state index is 0.563. The number of hydrogen-bond acceptors (Lipinski definition) is 3. The lowest BCUT2D eigenvalue weighted by Gasteiger charge is -2.34. The van der Waals surface area contributed by atoms with Gasteiger partial charge >= 0.3 is 0 Å². The fourth-order valence-corrected chi connectivity index (χ4v) is 3.46. The van der Waals surface area contributed by atoms with E-state index in [2.05, 4.69) is 11.8 Å². The Labute approximate surface area is 103 Å². The molecule has 17 heavy (non-hydrogen) atoms. The first-order valence-corrected chi connectivity index (χ1v) is 6.80. The van der Waals surface area contributed by atoms with Crippen molar-refractivity contribution in [2.75, 3.05) is 19.6 Å². The largest absolute Gasteiger partial charge is 0.469 e. The Bertz CT molecular complexity index is 393. The molecule has 2 aliphatic rings. The highest BCUT2D eigenvalue weighted by atomic mass is 16.3. The molecule has 1 aliphatic heterocycles. The molecule has 2 N–H and O–H groups in total. The van der Waals surface area contributed by atoms with Gasteiger partial charge in [-0.05, 0) is 57.3 Å². The minimum atomic E-state index is 0.563. The molecular weight excluding hydrogens is 212 g/mol. The van der Waals surface area contributed by atoms with Gasteiger partial charge in [-0.25, -0.2) is 0 Å². The van der Waals surface area contributed by atoms with Gasteiger partial charge in [-0.15, -0.1) is 0 Å². The highest BCUT2D eigenvalue weighted by Crippen LogP contribution is 2.40. The van der Waals surface area contributed by atoms with Crippen molar-refractivity contribution in [2.45, 2.75) is 38.6 Å². The van der Waals surface area contributed by atoms with Crippen LogP contribution < -0.4 is 5.73 Å². The second-order valence-electron chi connectivity index (χ2n) is 5.56. The van der Waals surface area contributed by atoms with Gasteiger partial charge in [0.05, 0.1) is 6.26 Å². The average molecular weight is 234 g/mol. The van der Waals surface area contributed by atoms with Gasteiger partial charge in [0.15, 0.2) is 0 Å². The summed E-state index contributed by atoms with van der Waals surface area (Å²) in [6, 6.07) is 0.563. The lowest BCUT2D eigenvalue weighted by Crippen LogP contribution is -2.34. The van der Waals surface area contributed by atoms with Gasteiger partial charge < -0.3 is 10.2 Å². The van der Waals surface area contributed by atoms with Gasteiger partial charge in [0.2, 0.25) is 0 Å². The molecule has 2 atom stereocenters. The molecule has 0 saturated carbocycles. The fourth-order valence-electron chi connectivity index (χ4n) is 3.46. The van der Waals surface area contributed by atoms with E-state index >= 15 is 0 Å². The average Bonchev–Trinajstić information content (AvgIpc) is 2.98. The van der Waals surface area contributed by atoms with Crippen LogP contribution in [0, 0.1) is 12.8 Å². The first kappa shape index (κ1) is 11.3. The van der Waals surface area contributed by atoms with Crippen LogP contribution in [0.4, 0.5) is 0 Å². The third kappa shape index (κ3) is 1.91. The second-order valence-corrected chi connectivity index (χ2v) is 5.56. The maximum absolute atomic E-state index is 5.87. The number of hydrogen-bond donors (Lipinski definition) is 1. The summed E-state index contributed by atoms with van der Waals surface area (Å²) >= 11 is 0. The maximum atomic E-state index is 5.87. The van der Waals surface area contributed by atoms with Gasteiger partial charge in [0.1, 0.15) is 5.76 Å². The molecule has 1 fully saturated rings. The summed E-state index contributed by atoms with van der Waals surface area (Å²) in [5, 5.41) is 0. The Balaban J connectivity index is 1.93. The monoisotopic (exact) mass is 234 g/mol. The molecule has 0 amide bonds. The lowest BCUT2D eigenvalue weighted by atomic mass is 9.82. The van der Waals surface area contributed by atoms with Crippen molar-refractivity contribution >= 4 is 0 Å². The fraction of sp³-hybridized carbons (Fsp3) is 0.714. The van der Waals surface area contributed by atoms with Crippen LogP contribution in [0.3, 0.4) is 0 Å². The Morgan fingerprint density at radius 1 is 1.41 bits per heavy atom. The third-order valence-corrected chi connectivity index (χ3v) is 4.38. The number of nitrogens with two attached hydrogens (primary N) is 1. The maximum Gasteiger partial charge on any atom is 0.109 e. The van der Waals surface area contributed by atoms with Crippen molar-refractivity contribution < 1.29 is 4.42 Å². The number of fused-ring (bicyclic) bond motifs is 1. The van der Waals surface area contributed by atoms with Crippen molar-refractivity contribution in [3.63, 3.8) is 0 Å². The molecule has 1 aromatic heterocycles. The van der Waals surface area contributed by atoms with Gasteiger partial charge in [0.25, 0.3) is 0 Å². The number of likely N-dealkylation sites (tertiary alicyclic amines) is 1. The molecule has 94 valence electrons. The first-order valence-electron chi connectivity index (χ1n) is 6.80. The SMILES string of the molecule is Cc1coc2c1C(N1CCCC1)CC(CN)C2. The summed E-state index contributed by atoms with van der Waals surface area (Å²) in [5.74, 6) is 1.79. The van der Waals surface area contributed by atoms with Crippen molar-refractivity contribution in [3.8, 4) is 0 Å². The van der Waals surface area contributed by atoms with Crippen LogP contribution in [0.1, 0.15) is 42.2 Å². The molecule has 3 nitrogen and oxygen atoms in total. The van der Waals surface area contributed by atoms with Gasteiger partial charge in [-0.2, -0.15) is 0 Å². The molecule has 0 radical (unpaired) electrons. The minimum Gasteiger partial charge on any atom is -0.469 e. The zero-order valence-corrected chi connectivity index (χ0v) is 10.6. The van der Waals surface area contributed by atoms with Crippen molar-refractivity contribution in [1.82, 2.24) is 4.90 Å². The summed E-state index contributed by atoms with van der Waals surface area (Å²) in [6.45, 7) is 5.44. The second kappa shape index (κ2) is 4.46. The zero-order valence-electron chi connectivity index (χ0n) is 10.6. The van der Waals surface area contributed by atoms with E-state index in [1.165, 1.54) is 49.2 Å². The molecule has 2 heterocycles. The summed E-state index contributed by atoms with van der Waals surface area (Å²) in [4.78, 5) is 2.63. The number of rotatable bonds is 2. The highest BCUT2D eigenvalue weighted by molar-refractivity contribution is 5.33. The smallest absolute Gasteiger partial charge is 0.109 e. The number of nitrogens with zero attached hydrogens (tertiary/aromatic N) is 1. The van der Waals surface area contributed by atoms with Crippen molar-refractivity contribution in [1.29, 1.82) is 0 Å². The zero-order chi connectivity index (χ0) is 11.8. The standard InChI is InChI=1S/C14H22N2O/c1-10-9-17-13-7-11(8-15)6-12(14(10)13)16-4-2-3-5-16/h9,11-12H,2-8,15H2,1H3. The molecular formula is C14H22N2O. The van der Waals surface area contributed by atoms with E-state index < -0.39 is 0 Å². The van der Waals surface area contributed by atoms with Crippen LogP contribution in [0.5, 0.6) is 0 Å². The van der Waals surface area contributed by atoms with Crippen LogP contribution in [-0.4, -0.2) is 24.5 Å². The number of furan rings is 1. The Morgan fingerprint density at radius 2 is 2.18 bits per heavy atom. The van der Waals surface area contributed by atoms with Gasteiger partial charge in [-0.1, -0.05) is 0 Å². The topological polar surface area (TPSA) is 42.4 Å². The van der Waals surface area contributed by atoms with Crippen molar-refractivity contribution in [2.24, 2.45) is 11.7 Å². The van der Waals surface area contributed by atoms with E-state index in [-0.39, 0.29) is 0 Å². The molecule has 1 saturated heterocycles. The quantitative estimate of drug-likeness (QED) is 0.853.